The Morgan fingerprint density at radius 1 is 1.32 bits per heavy atom. The molecule has 1 aliphatic heterocycles. The number of anilines is 1. The van der Waals surface area contributed by atoms with Gasteiger partial charge in [-0.25, -0.2) is 4.98 Å². The highest BCUT2D eigenvalue weighted by Gasteiger charge is 2.22. The second-order valence-electron chi connectivity index (χ2n) is 5.24. The van der Waals surface area contributed by atoms with Gasteiger partial charge in [0.2, 0.25) is 0 Å². The molecule has 1 atom stereocenters. The minimum absolute atomic E-state index is 0.121. The van der Waals surface area contributed by atoms with Crippen LogP contribution in [0.25, 0.3) is 0 Å². The van der Waals surface area contributed by atoms with E-state index in [2.05, 4.69) is 15.3 Å². The topological polar surface area (TPSA) is 82.6 Å². The van der Waals surface area contributed by atoms with Gasteiger partial charge in [-0.05, 0) is 12.1 Å². The molecule has 25 heavy (non-hydrogen) atoms. The minimum Gasteiger partial charge on any atom is -0.491 e. The zero-order chi connectivity index (χ0) is 17.8. The molecular formula is C16H15Cl2N3O4. The molecule has 1 aliphatic rings. The number of hydrogen-bond acceptors (Lipinski definition) is 6. The second-order valence-corrected chi connectivity index (χ2v) is 6.05. The van der Waals surface area contributed by atoms with E-state index in [-0.39, 0.29) is 33.4 Å². The molecule has 1 fully saturated rings. The SMILES string of the molecule is COc1ccc(C(=O)Nc2c(Cl)cncc2Cl)nc1OC1CCOC1. The van der Waals surface area contributed by atoms with Crippen molar-refractivity contribution >= 4 is 34.8 Å². The lowest BCUT2D eigenvalue weighted by atomic mass is 10.3. The van der Waals surface area contributed by atoms with Crippen molar-refractivity contribution in [3.05, 3.63) is 40.3 Å². The summed E-state index contributed by atoms with van der Waals surface area (Å²) in [6.45, 7) is 1.11. The summed E-state index contributed by atoms with van der Waals surface area (Å²) in [4.78, 5) is 20.6. The molecule has 0 saturated carbocycles. The molecule has 9 heteroatoms. The van der Waals surface area contributed by atoms with Crippen LogP contribution in [-0.2, 0) is 4.74 Å². The summed E-state index contributed by atoms with van der Waals surface area (Å²) in [5.41, 5.74) is 0.409. The Morgan fingerprint density at radius 2 is 2.08 bits per heavy atom. The number of pyridine rings is 2. The molecule has 7 nitrogen and oxygen atoms in total. The van der Waals surface area contributed by atoms with Crippen molar-refractivity contribution < 1.29 is 19.0 Å². The predicted octanol–water partition coefficient (Wildman–Crippen LogP) is 3.21. The molecule has 1 amide bonds. The van der Waals surface area contributed by atoms with E-state index >= 15 is 0 Å². The zero-order valence-corrected chi connectivity index (χ0v) is 14.8. The third-order valence-corrected chi connectivity index (χ3v) is 4.11. The molecule has 1 N–H and O–H groups in total. The lowest BCUT2D eigenvalue weighted by molar-refractivity contribution is 0.101. The van der Waals surface area contributed by atoms with Crippen LogP contribution in [0.3, 0.4) is 0 Å². The summed E-state index contributed by atoms with van der Waals surface area (Å²) in [6.07, 6.45) is 3.41. The number of rotatable bonds is 5. The molecule has 1 saturated heterocycles. The number of carbonyl (C=O) groups is 1. The first-order chi connectivity index (χ1) is 12.1. The minimum atomic E-state index is -0.481. The van der Waals surface area contributed by atoms with Crippen molar-refractivity contribution in [2.45, 2.75) is 12.5 Å². The summed E-state index contributed by atoms with van der Waals surface area (Å²) in [5.74, 6) is 0.186. The summed E-state index contributed by atoms with van der Waals surface area (Å²) in [5, 5.41) is 3.09. The number of nitrogens with one attached hydrogen (secondary N) is 1. The van der Waals surface area contributed by atoms with Crippen LogP contribution in [0.4, 0.5) is 5.69 Å². The Morgan fingerprint density at radius 3 is 2.72 bits per heavy atom. The Balaban J connectivity index is 1.82. The van der Waals surface area contributed by atoms with Gasteiger partial charge in [0.15, 0.2) is 5.75 Å². The summed E-state index contributed by atoms with van der Waals surface area (Å²) in [7, 11) is 1.51. The predicted molar refractivity (Wildman–Crippen MR) is 92.9 cm³/mol. The molecule has 1 unspecified atom stereocenters. The third kappa shape index (κ3) is 4.12. The normalized spacial score (nSPS) is 16.5. The van der Waals surface area contributed by atoms with Crippen LogP contribution in [0.15, 0.2) is 24.5 Å². The van der Waals surface area contributed by atoms with Crippen molar-refractivity contribution in [2.75, 3.05) is 25.6 Å². The number of halogens is 2. The van der Waals surface area contributed by atoms with Gasteiger partial charge < -0.3 is 19.5 Å². The Hall–Kier alpha value is -2.09. The van der Waals surface area contributed by atoms with E-state index in [0.29, 0.717) is 19.0 Å². The molecule has 0 bridgehead atoms. The van der Waals surface area contributed by atoms with Crippen molar-refractivity contribution in [3.8, 4) is 11.6 Å². The average Bonchev–Trinajstić information content (AvgIpc) is 3.11. The number of ether oxygens (including phenoxy) is 3. The maximum atomic E-state index is 12.5. The maximum Gasteiger partial charge on any atom is 0.274 e. The van der Waals surface area contributed by atoms with E-state index in [4.69, 9.17) is 37.4 Å². The van der Waals surface area contributed by atoms with Crippen LogP contribution >= 0.6 is 23.2 Å². The maximum absolute atomic E-state index is 12.5. The fourth-order valence-electron chi connectivity index (χ4n) is 2.27. The molecule has 0 spiro atoms. The first-order valence-corrected chi connectivity index (χ1v) is 8.24. The number of aromatic nitrogens is 2. The van der Waals surface area contributed by atoms with Crippen LogP contribution in [0.2, 0.25) is 10.0 Å². The molecule has 0 aromatic carbocycles. The van der Waals surface area contributed by atoms with E-state index in [1.54, 1.807) is 6.07 Å². The van der Waals surface area contributed by atoms with E-state index in [0.717, 1.165) is 6.42 Å². The van der Waals surface area contributed by atoms with E-state index in [1.165, 1.54) is 25.6 Å². The van der Waals surface area contributed by atoms with Crippen LogP contribution in [-0.4, -0.2) is 42.3 Å². The lowest BCUT2D eigenvalue weighted by Gasteiger charge is -2.15. The number of nitrogens with zero attached hydrogens (tertiary/aromatic N) is 2. The fraction of sp³-hybridized carbons (Fsp3) is 0.312. The number of hydrogen-bond donors (Lipinski definition) is 1. The smallest absolute Gasteiger partial charge is 0.274 e. The van der Waals surface area contributed by atoms with Gasteiger partial charge in [-0.3, -0.25) is 9.78 Å². The van der Waals surface area contributed by atoms with E-state index in [9.17, 15) is 4.79 Å². The van der Waals surface area contributed by atoms with E-state index < -0.39 is 5.91 Å². The van der Waals surface area contributed by atoms with Crippen LogP contribution < -0.4 is 14.8 Å². The Kier molecular flexibility index (Phi) is 5.57. The molecular weight excluding hydrogens is 369 g/mol. The summed E-state index contributed by atoms with van der Waals surface area (Å²) in [6, 6.07) is 3.14. The molecule has 0 aliphatic carbocycles. The first-order valence-electron chi connectivity index (χ1n) is 7.48. The molecule has 3 heterocycles. The largest absolute Gasteiger partial charge is 0.491 e. The third-order valence-electron chi connectivity index (χ3n) is 3.54. The number of amides is 1. The van der Waals surface area contributed by atoms with Gasteiger partial charge in [0.05, 0.1) is 36.1 Å². The standard InChI is InChI=1S/C16H15Cl2N3O4/c1-23-13-3-2-12(20-16(13)25-9-4-5-24-8-9)15(22)21-14-10(17)6-19-7-11(14)18/h2-3,6-7,9H,4-5,8H2,1H3,(H,19,21,22). The van der Waals surface area contributed by atoms with Gasteiger partial charge in [-0.15, -0.1) is 0 Å². The molecule has 132 valence electrons. The van der Waals surface area contributed by atoms with Crippen LogP contribution in [0, 0.1) is 0 Å². The van der Waals surface area contributed by atoms with Gasteiger partial charge in [-0.2, -0.15) is 0 Å². The monoisotopic (exact) mass is 383 g/mol. The molecule has 2 aromatic rings. The Labute approximate surface area is 154 Å². The van der Waals surface area contributed by atoms with Gasteiger partial charge in [0, 0.05) is 18.8 Å². The van der Waals surface area contributed by atoms with Gasteiger partial charge >= 0.3 is 0 Å². The highest BCUT2D eigenvalue weighted by atomic mass is 35.5. The van der Waals surface area contributed by atoms with Crippen molar-refractivity contribution in [3.63, 3.8) is 0 Å². The second kappa shape index (κ2) is 7.86. The molecule has 2 aromatic heterocycles. The molecule has 0 radical (unpaired) electrons. The van der Waals surface area contributed by atoms with Crippen molar-refractivity contribution in [1.29, 1.82) is 0 Å². The van der Waals surface area contributed by atoms with Gasteiger partial charge in [-0.1, -0.05) is 23.2 Å². The highest BCUT2D eigenvalue weighted by molar-refractivity contribution is 6.39. The zero-order valence-electron chi connectivity index (χ0n) is 13.3. The first kappa shape index (κ1) is 17.7. The fourth-order valence-corrected chi connectivity index (χ4v) is 2.73. The highest BCUT2D eigenvalue weighted by Crippen LogP contribution is 2.30. The van der Waals surface area contributed by atoms with Crippen LogP contribution in [0.5, 0.6) is 11.6 Å². The molecule has 3 rings (SSSR count). The van der Waals surface area contributed by atoms with Crippen molar-refractivity contribution in [2.24, 2.45) is 0 Å². The van der Waals surface area contributed by atoms with Gasteiger partial charge in [0.1, 0.15) is 11.8 Å². The van der Waals surface area contributed by atoms with E-state index in [1.807, 2.05) is 0 Å². The average molecular weight is 384 g/mol. The summed E-state index contributed by atoms with van der Waals surface area (Å²) >= 11 is 12.0. The summed E-state index contributed by atoms with van der Waals surface area (Å²) < 4.78 is 16.3. The Bertz CT molecular complexity index is 762. The quantitative estimate of drug-likeness (QED) is 0.853. The van der Waals surface area contributed by atoms with Crippen LogP contribution in [0.1, 0.15) is 16.9 Å². The number of carbonyl (C=O) groups excluding carboxylic acids is 1. The van der Waals surface area contributed by atoms with Gasteiger partial charge in [0.25, 0.3) is 11.8 Å². The van der Waals surface area contributed by atoms with Crippen molar-refractivity contribution in [1.82, 2.24) is 9.97 Å². The number of methoxy groups -OCH3 is 1. The lowest BCUT2D eigenvalue weighted by Crippen LogP contribution is -2.19.